The highest BCUT2D eigenvalue weighted by molar-refractivity contribution is 6.08. The number of fused-ring (bicyclic) bond motifs is 3. The average molecular weight is 867 g/mol. The summed E-state index contributed by atoms with van der Waals surface area (Å²) in [7, 11) is 0. The highest BCUT2D eigenvalue weighted by Gasteiger charge is 2.46. The van der Waals surface area contributed by atoms with E-state index in [1.807, 2.05) is 6.07 Å². The lowest BCUT2D eigenvalue weighted by atomic mass is 10.1. The van der Waals surface area contributed by atoms with Crippen LogP contribution in [-0.4, -0.2) is 170 Å². The smallest absolute Gasteiger partial charge is 0.251 e. The first-order valence-corrected chi connectivity index (χ1v) is 18.5. The number of carbonyl (C=O) groups excluding carboxylic acids is 1. The van der Waals surface area contributed by atoms with Crippen LogP contribution in [0.25, 0.3) is 33.1 Å². The molecule has 9 heterocycles. The van der Waals surface area contributed by atoms with Crippen LogP contribution in [0, 0.1) is 11.3 Å². The van der Waals surface area contributed by atoms with E-state index >= 15 is 0 Å². The van der Waals surface area contributed by atoms with Gasteiger partial charge in [-0.15, -0.1) is 0 Å². The Balaban J connectivity index is 0.000000140. The number of aliphatic hydroxyl groups excluding tert-OH is 9. The quantitative estimate of drug-likeness (QED) is 0.0713. The average Bonchev–Trinajstić information content (AvgIpc) is 4.11. The number of aliphatic hydroxyl groups is 9. The van der Waals surface area contributed by atoms with E-state index in [1.165, 1.54) is 40.5 Å². The third kappa shape index (κ3) is 7.55. The van der Waals surface area contributed by atoms with Crippen LogP contribution < -0.4 is 22.9 Å². The van der Waals surface area contributed by atoms with Crippen molar-refractivity contribution in [3.8, 4) is 6.07 Å². The van der Waals surface area contributed by atoms with Crippen molar-refractivity contribution in [2.75, 3.05) is 37.0 Å². The Labute approximate surface area is 347 Å². The van der Waals surface area contributed by atoms with E-state index in [2.05, 4.69) is 29.9 Å². The molecule has 27 nitrogen and oxygen atoms in total. The third-order valence-electron chi connectivity index (χ3n) is 10.6. The van der Waals surface area contributed by atoms with Crippen molar-refractivity contribution in [1.29, 1.82) is 5.26 Å². The minimum atomic E-state index is -1.32. The summed E-state index contributed by atoms with van der Waals surface area (Å²) in [4.78, 5) is 35.3. The molecule has 62 heavy (non-hydrogen) atoms. The molecule has 0 saturated carbocycles. The highest BCUT2D eigenvalue weighted by atomic mass is 16.6. The fourth-order valence-corrected chi connectivity index (χ4v) is 7.40. The van der Waals surface area contributed by atoms with Gasteiger partial charge in [0.2, 0.25) is 0 Å². The van der Waals surface area contributed by atoms with Gasteiger partial charge in [0.25, 0.3) is 5.91 Å². The molecule has 0 bridgehead atoms. The number of amides is 1. The maximum Gasteiger partial charge on any atom is 0.251 e. The zero-order chi connectivity index (χ0) is 44.7. The molecule has 27 heteroatoms. The Hall–Kier alpha value is -6.26. The van der Waals surface area contributed by atoms with Crippen molar-refractivity contribution in [2.45, 2.75) is 73.6 Å². The van der Waals surface area contributed by atoms with Crippen molar-refractivity contribution in [3.05, 3.63) is 54.8 Å². The van der Waals surface area contributed by atoms with Crippen LogP contribution in [0.15, 0.2) is 43.6 Å². The number of nitriles is 1. The summed E-state index contributed by atoms with van der Waals surface area (Å²) in [6.07, 6.45) is -4.76. The molecule has 6 aromatic heterocycles. The van der Waals surface area contributed by atoms with Crippen molar-refractivity contribution in [3.63, 3.8) is 0 Å². The molecule has 1 amide bonds. The largest absolute Gasteiger partial charge is 0.394 e. The zero-order valence-corrected chi connectivity index (χ0v) is 32.0. The van der Waals surface area contributed by atoms with Gasteiger partial charge in [0.05, 0.1) is 47.1 Å². The molecule has 3 aliphatic heterocycles. The van der Waals surface area contributed by atoms with Gasteiger partial charge in [0.1, 0.15) is 114 Å². The summed E-state index contributed by atoms with van der Waals surface area (Å²) in [6, 6.07) is 3.68. The van der Waals surface area contributed by atoms with E-state index in [0.717, 1.165) is 0 Å². The number of ether oxygens (including phenoxy) is 3. The standard InChI is InChI=1S/C12H15N5O5.C12H13N5O4.C11H14N4O4/c13-9-6-4(10(14)21)1-17(11(6)16-3-15-9)12-8(20)7(19)5(2-18)22-12;13-1-5-2-17(11-7(5)10(14)15-4-16-11)12-9(20)8(19)6(3-18)21-12;12-9-5-1-2-15(10(5)14-4-13-9)11-8(18)7(17)6(3-16)19-11/h1,3,5,7-8,12,18-20H,2H2,(H2,14,21)(H2,13,15,16);2,4,6,8-9,12,18-20H,3H2,(H2,14,15,16);1-2,4,6-8,11,16-18H,3H2,(H2,12,13,14)/t5-,7-,8-,12-;6-,8-,9-,12-;6-,7-,8-,11-/m111/s1. The second-order valence-corrected chi connectivity index (χ2v) is 14.2. The molecule has 0 aliphatic carbocycles. The first kappa shape index (κ1) is 43.8. The van der Waals surface area contributed by atoms with Crippen molar-refractivity contribution in [2.24, 2.45) is 5.73 Å². The SMILES string of the molecule is N#Cc1cn([C@@H]2O[C@H](CO)[C@@H](O)[C@H]2O)c2ncnc(N)c12.NC(=O)c1cn([C@@H]2O[C@H](CO)[C@@H](O)[C@H]2O)c2ncnc(N)c12.Nc1ncnc2c1ccn2[C@@H]1O[C@H](CO)[C@@H](O)[C@H]1O. The molecule has 3 fully saturated rings. The lowest BCUT2D eigenvalue weighted by molar-refractivity contribution is -0.0508. The number of aromatic nitrogens is 9. The van der Waals surface area contributed by atoms with Crippen LogP contribution in [-0.2, 0) is 14.2 Å². The van der Waals surface area contributed by atoms with Crippen LogP contribution in [0.1, 0.15) is 34.6 Å². The lowest BCUT2D eigenvalue weighted by Gasteiger charge is -2.17. The van der Waals surface area contributed by atoms with Crippen LogP contribution in [0.2, 0.25) is 0 Å². The van der Waals surface area contributed by atoms with Gasteiger partial charge in [0, 0.05) is 18.6 Å². The van der Waals surface area contributed by atoms with Crippen LogP contribution in [0.5, 0.6) is 0 Å². The van der Waals surface area contributed by atoms with Gasteiger partial charge < -0.3 is 96.8 Å². The molecule has 17 N–H and O–H groups in total. The maximum atomic E-state index is 11.6. The van der Waals surface area contributed by atoms with Crippen molar-refractivity contribution < 1.29 is 65.0 Å². The van der Waals surface area contributed by atoms with Gasteiger partial charge in [-0.05, 0) is 6.07 Å². The number of nitrogens with two attached hydrogens (primary N) is 4. The highest BCUT2D eigenvalue weighted by Crippen LogP contribution is 2.36. The molecular formula is C35H42N14O13. The van der Waals surface area contributed by atoms with E-state index in [0.29, 0.717) is 27.9 Å². The van der Waals surface area contributed by atoms with E-state index in [1.54, 1.807) is 16.8 Å². The summed E-state index contributed by atoms with van der Waals surface area (Å²) in [6.45, 7) is -1.27. The van der Waals surface area contributed by atoms with Gasteiger partial charge >= 0.3 is 0 Å². The van der Waals surface area contributed by atoms with Gasteiger partial charge in [0.15, 0.2) is 18.7 Å². The zero-order valence-electron chi connectivity index (χ0n) is 32.0. The molecule has 0 unspecified atom stereocenters. The number of nitrogen functional groups attached to an aromatic ring is 3. The Morgan fingerprint density at radius 2 is 1.03 bits per heavy atom. The Bertz CT molecular complexity index is 2620. The molecule has 0 radical (unpaired) electrons. The minimum Gasteiger partial charge on any atom is -0.394 e. The predicted octanol–water partition coefficient (Wildman–Crippen LogP) is -5.15. The van der Waals surface area contributed by atoms with Crippen LogP contribution in [0.3, 0.4) is 0 Å². The van der Waals surface area contributed by atoms with Gasteiger partial charge in [-0.25, -0.2) is 29.9 Å². The van der Waals surface area contributed by atoms with E-state index in [4.69, 9.17) is 57.7 Å². The molecular weight excluding hydrogens is 824 g/mol. The number of hydrogen-bond donors (Lipinski definition) is 13. The number of carbonyl (C=O) groups is 1. The number of hydrogen-bond acceptors (Lipinski definition) is 23. The second-order valence-electron chi connectivity index (χ2n) is 14.2. The number of primary amides is 1. The van der Waals surface area contributed by atoms with Crippen molar-refractivity contribution >= 4 is 56.5 Å². The first-order valence-electron chi connectivity index (χ1n) is 18.5. The lowest BCUT2D eigenvalue weighted by Crippen LogP contribution is -2.33. The summed E-state index contributed by atoms with van der Waals surface area (Å²) >= 11 is 0. The fourth-order valence-electron chi connectivity index (χ4n) is 7.40. The van der Waals surface area contributed by atoms with E-state index < -0.39 is 92.7 Å². The maximum absolute atomic E-state index is 11.6. The van der Waals surface area contributed by atoms with Gasteiger partial charge in [-0.1, -0.05) is 0 Å². The summed E-state index contributed by atoms with van der Waals surface area (Å²) < 4.78 is 20.6. The monoisotopic (exact) mass is 866 g/mol. The molecule has 3 aliphatic rings. The summed E-state index contributed by atoms with van der Waals surface area (Å²) in [5, 5.41) is 97.3. The van der Waals surface area contributed by atoms with Crippen LogP contribution >= 0.6 is 0 Å². The predicted molar refractivity (Wildman–Crippen MR) is 208 cm³/mol. The van der Waals surface area contributed by atoms with Crippen LogP contribution in [0.4, 0.5) is 17.5 Å². The number of anilines is 3. The van der Waals surface area contributed by atoms with Gasteiger partial charge in [-0.3, -0.25) is 4.79 Å². The molecule has 0 spiro atoms. The number of nitrogens with zero attached hydrogens (tertiary/aromatic N) is 10. The van der Waals surface area contributed by atoms with E-state index in [9.17, 15) is 35.4 Å². The second kappa shape index (κ2) is 17.6. The molecule has 12 atom stereocenters. The topological polar surface area (TPSA) is 447 Å². The summed E-state index contributed by atoms with van der Waals surface area (Å²) in [5.41, 5.74) is 23.9. The first-order chi connectivity index (χ1) is 29.7. The molecule has 6 aromatic rings. The van der Waals surface area contributed by atoms with Gasteiger partial charge in [-0.2, -0.15) is 5.26 Å². The molecule has 9 rings (SSSR count). The van der Waals surface area contributed by atoms with Crippen molar-refractivity contribution in [1.82, 2.24) is 43.6 Å². The Kier molecular flexibility index (Phi) is 12.4. The normalized spacial score (nSPS) is 29.4. The Morgan fingerprint density at radius 1 is 0.613 bits per heavy atom. The molecule has 330 valence electrons. The number of rotatable bonds is 7. The fraction of sp³-hybridized carbons (Fsp3) is 0.429. The Morgan fingerprint density at radius 3 is 1.48 bits per heavy atom. The summed E-state index contributed by atoms with van der Waals surface area (Å²) in [5.74, 6) is -0.209. The minimum absolute atomic E-state index is 0.0595. The van der Waals surface area contributed by atoms with E-state index in [-0.39, 0.29) is 40.4 Å². The molecule has 3 saturated heterocycles. The molecule has 0 aromatic carbocycles. The third-order valence-corrected chi connectivity index (χ3v) is 10.6.